The van der Waals surface area contributed by atoms with Gasteiger partial charge in [0.2, 0.25) is 0 Å². The van der Waals surface area contributed by atoms with Gasteiger partial charge in [0, 0.05) is 32.8 Å². The molecule has 2 fully saturated rings. The van der Waals surface area contributed by atoms with Crippen molar-refractivity contribution in [3.63, 3.8) is 0 Å². The zero-order valence-electron chi connectivity index (χ0n) is 13.8. The zero-order valence-corrected chi connectivity index (χ0v) is 13.8. The Balaban J connectivity index is 1.96. The lowest BCUT2D eigenvalue weighted by Crippen LogP contribution is -2.48. The third-order valence-corrected chi connectivity index (χ3v) is 5.12. The van der Waals surface area contributed by atoms with E-state index in [0.29, 0.717) is 5.41 Å². The fourth-order valence-corrected chi connectivity index (χ4v) is 3.99. The van der Waals surface area contributed by atoms with Crippen LogP contribution in [0.1, 0.15) is 52.4 Å². The molecule has 2 aliphatic rings. The summed E-state index contributed by atoms with van der Waals surface area (Å²) in [5.74, 6) is 0.894. The third kappa shape index (κ3) is 4.71. The first kappa shape index (κ1) is 16.3. The highest BCUT2D eigenvalue weighted by atomic mass is 16.5. The van der Waals surface area contributed by atoms with Crippen molar-refractivity contribution < 1.29 is 4.74 Å². The summed E-state index contributed by atoms with van der Waals surface area (Å²) in [4.78, 5) is 2.72. The lowest BCUT2D eigenvalue weighted by atomic mass is 9.69. The minimum Gasteiger partial charge on any atom is -0.383 e. The van der Waals surface area contributed by atoms with E-state index >= 15 is 0 Å². The Morgan fingerprint density at radius 3 is 2.70 bits per heavy atom. The molecule has 2 rings (SSSR count). The van der Waals surface area contributed by atoms with E-state index in [2.05, 4.69) is 24.1 Å². The molecule has 1 N–H and O–H groups in total. The normalized spacial score (nSPS) is 30.9. The molecule has 0 saturated heterocycles. The first-order chi connectivity index (χ1) is 9.69. The van der Waals surface area contributed by atoms with E-state index in [9.17, 15) is 0 Å². The molecule has 118 valence electrons. The molecule has 2 atom stereocenters. The van der Waals surface area contributed by atoms with Gasteiger partial charge in [-0.1, -0.05) is 26.7 Å². The number of methoxy groups -OCH3 is 1. The van der Waals surface area contributed by atoms with Crippen molar-refractivity contribution in [2.75, 3.05) is 39.9 Å². The van der Waals surface area contributed by atoms with E-state index in [1.54, 1.807) is 0 Å². The van der Waals surface area contributed by atoms with Crippen LogP contribution in [0.15, 0.2) is 0 Å². The Bertz CT molecular complexity index is 280. The molecular formula is C17H34N2O. The van der Waals surface area contributed by atoms with E-state index in [1.165, 1.54) is 51.6 Å². The number of rotatable bonds is 9. The molecule has 20 heavy (non-hydrogen) atoms. The van der Waals surface area contributed by atoms with Crippen LogP contribution in [-0.4, -0.2) is 50.8 Å². The lowest BCUT2D eigenvalue weighted by Gasteiger charge is -2.44. The van der Waals surface area contributed by atoms with Crippen LogP contribution in [0.4, 0.5) is 0 Å². The van der Waals surface area contributed by atoms with Crippen molar-refractivity contribution in [2.24, 2.45) is 11.3 Å². The highest BCUT2D eigenvalue weighted by Crippen LogP contribution is 2.41. The maximum absolute atomic E-state index is 5.32. The summed E-state index contributed by atoms with van der Waals surface area (Å²) < 4.78 is 5.32. The molecule has 0 radical (unpaired) electrons. The van der Waals surface area contributed by atoms with Gasteiger partial charge in [0.15, 0.2) is 0 Å². The Kier molecular flexibility index (Phi) is 6.31. The van der Waals surface area contributed by atoms with Crippen LogP contribution in [0.3, 0.4) is 0 Å². The summed E-state index contributed by atoms with van der Waals surface area (Å²) in [5.41, 5.74) is 0.504. The van der Waals surface area contributed by atoms with Gasteiger partial charge >= 0.3 is 0 Å². The molecular weight excluding hydrogens is 248 g/mol. The van der Waals surface area contributed by atoms with E-state index in [0.717, 1.165) is 31.7 Å². The van der Waals surface area contributed by atoms with E-state index in [4.69, 9.17) is 4.74 Å². The van der Waals surface area contributed by atoms with Crippen LogP contribution in [0, 0.1) is 11.3 Å². The quantitative estimate of drug-likeness (QED) is 0.704. The van der Waals surface area contributed by atoms with Gasteiger partial charge in [0.1, 0.15) is 0 Å². The monoisotopic (exact) mass is 282 g/mol. The summed E-state index contributed by atoms with van der Waals surface area (Å²) in [7, 11) is 1.82. The summed E-state index contributed by atoms with van der Waals surface area (Å²) >= 11 is 0. The van der Waals surface area contributed by atoms with Gasteiger partial charge in [-0.15, -0.1) is 0 Å². The molecule has 0 aliphatic heterocycles. The summed E-state index contributed by atoms with van der Waals surface area (Å²) in [6.07, 6.45) is 8.44. The van der Waals surface area contributed by atoms with Crippen LogP contribution in [0.5, 0.6) is 0 Å². The van der Waals surface area contributed by atoms with E-state index < -0.39 is 0 Å². The molecule has 2 aliphatic carbocycles. The van der Waals surface area contributed by atoms with Crippen molar-refractivity contribution in [1.29, 1.82) is 0 Å². The molecule has 0 aromatic heterocycles. The first-order valence-corrected chi connectivity index (χ1v) is 8.63. The summed E-state index contributed by atoms with van der Waals surface area (Å²) in [5, 5.41) is 3.64. The molecule has 2 saturated carbocycles. The lowest BCUT2D eigenvalue weighted by molar-refractivity contribution is 0.0597. The highest BCUT2D eigenvalue weighted by molar-refractivity contribution is 4.94. The van der Waals surface area contributed by atoms with Crippen molar-refractivity contribution >= 4 is 0 Å². The fourth-order valence-electron chi connectivity index (χ4n) is 3.99. The number of hydrogen-bond acceptors (Lipinski definition) is 3. The largest absolute Gasteiger partial charge is 0.383 e. The Labute approximate surface area is 125 Å². The Hall–Kier alpha value is -0.120. The molecule has 0 bridgehead atoms. The van der Waals surface area contributed by atoms with Crippen LogP contribution in [-0.2, 0) is 4.74 Å². The van der Waals surface area contributed by atoms with Crippen molar-refractivity contribution in [1.82, 2.24) is 10.2 Å². The summed E-state index contributed by atoms with van der Waals surface area (Å²) in [6.45, 7) is 10.2. The van der Waals surface area contributed by atoms with Gasteiger partial charge in [0.05, 0.1) is 6.61 Å². The SMILES string of the molecule is CCNCC1(CN(CCOC)C2CC2)CCCC(C)C1. The average Bonchev–Trinajstić information content (AvgIpc) is 3.26. The van der Waals surface area contributed by atoms with Gasteiger partial charge < -0.3 is 10.1 Å². The number of nitrogens with one attached hydrogen (secondary N) is 1. The smallest absolute Gasteiger partial charge is 0.0589 e. The van der Waals surface area contributed by atoms with Gasteiger partial charge in [-0.25, -0.2) is 0 Å². The molecule has 0 spiro atoms. The molecule has 3 nitrogen and oxygen atoms in total. The second kappa shape index (κ2) is 7.77. The number of ether oxygens (including phenoxy) is 1. The average molecular weight is 282 g/mol. The minimum absolute atomic E-state index is 0.504. The molecule has 2 unspecified atom stereocenters. The van der Waals surface area contributed by atoms with Gasteiger partial charge in [-0.3, -0.25) is 4.90 Å². The van der Waals surface area contributed by atoms with Gasteiger partial charge in [-0.2, -0.15) is 0 Å². The first-order valence-electron chi connectivity index (χ1n) is 8.63. The zero-order chi connectivity index (χ0) is 14.4. The number of hydrogen-bond donors (Lipinski definition) is 1. The topological polar surface area (TPSA) is 24.5 Å². The maximum atomic E-state index is 5.32. The summed E-state index contributed by atoms with van der Waals surface area (Å²) in [6, 6.07) is 0.848. The third-order valence-electron chi connectivity index (χ3n) is 5.12. The fraction of sp³-hybridized carbons (Fsp3) is 1.00. The molecule has 0 heterocycles. The second-order valence-corrected chi connectivity index (χ2v) is 7.18. The molecule has 3 heteroatoms. The maximum Gasteiger partial charge on any atom is 0.0589 e. The minimum atomic E-state index is 0.504. The van der Waals surface area contributed by atoms with Crippen LogP contribution in [0.2, 0.25) is 0 Å². The van der Waals surface area contributed by atoms with Crippen LogP contribution < -0.4 is 5.32 Å². The highest BCUT2D eigenvalue weighted by Gasteiger charge is 2.39. The standard InChI is InChI=1S/C17H34N2O/c1-4-18-13-17(9-5-6-15(2)12-17)14-19(10-11-20-3)16-7-8-16/h15-16,18H,4-14H2,1-3H3. The van der Waals surface area contributed by atoms with E-state index in [1.807, 2.05) is 7.11 Å². The molecule has 0 aromatic rings. The predicted molar refractivity (Wildman–Crippen MR) is 85.1 cm³/mol. The van der Waals surface area contributed by atoms with Crippen molar-refractivity contribution in [2.45, 2.75) is 58.4 Å². The Morgan fingerprint density at radius 2 is 2.10 bits per heavy atom. The molecule has 0 aromatic carbocycles. The number of nitrogens with zero attached hydrogens (tertiary/aromatic N) is 1. The van der Waals surface area contributed by atoms with Crippen LogP contribution in [0.25, 0.3) is 0 Å². The van der Waals surface area contributed by atoms with Crippen molar-refractivity contribution in [3.8, 4) is 0 Å². The van der Waals surface area contributed by atoms with Crippen molar-refractivity contribution in [3.05, 3.63) is 0 Å². The second-order valence-electron chi connectivity index (χ2n) is 7.18. The molecule has 0 amide bonds. The van der Waals surface area contributed by atoms with Crippen LogP contribution >= 0.6 is 0 Å². The predicted octanol–water partition coefficient (Wildman–Crippen LogP) is 2.90. The van der Waals surface area contributed by atoms with E-state index in [-0.39, 0.29) is 0 Å². The van der Waals surface area contributed by atoms with Gasteiger partial charge in [-0.05, 0) is 43.6 Å². The Morgan fingerprint density at radius 1 is 1.30 bits per heavy atom. The van der Waals surface area contributed by atoms with Gasteiger partial charge in [0.25, 0.3) is 0 Å².